The zero-order valence-corrected chi connectivity index (χ0v) is 26.3. The largest absolute Gasteiger partial charge is 0.455 e. The molecule has 0 radical (unpaired) electrons. The Labute approximate surface area is 292 Å². The summed E-state index contributed by atoms with van der Waals surface area (Å²) in [4.78, 5) is 0. The molecule has 0 atom stereocenters. The fraction of sp³-hybridized carbons (Fsp3) is 0. The van der Waals surface area contributed by atoms with Crippen molar-refractivity contribution in [2.45, 2.75) is 0 Å². The second-order valence-corrected chi connectivity index (χ2v) is 12.3. The van der Waals surface area contributed by atoms with Gasteiger partial charge in [0.1, 0.15) is 11.2 Å². The predicted octanol–water partition coefficient (Wildman–Crippen LogP) is 13.7. The van der Waals surface area contributed by atoms with Gasteiger partial charge in [0, 0.05) is 16.3 Å². The molecule has 9 aromatic carbocycles. The molecule has 0 saturated heterocycles. The second kappa shape index (κ2) is 11.1. The first-order valence-corrected chi connectivity index (χ1v) is 16.4. The number of hydrogen-bond donors (Lipinski definition) is 0. The number of benzene rings is 9. The van der Waals surface area contributed by atoms with E-state index in [2.05, 4.69) is 30.3 Å². The summed E-state index contributed by atoms with van der Waals surface area (Å²) in [6.45, 7) is 0. The van der Waals surface area contributed by atoms with Crippen molar-refractivity contribution in [2.75, 3.05) is 0 Å². The third-order valence-electron chi connectivity index (χ3n) is 9.62. The highest BCUT2D eigenvalue weighted by Gasteiger charge is 2.21. The lowest BCUT2D eigenvalue weighted by Crippen LogP contribution is -1.92. The van der Waals surface area contributed by atoms with Gasteiger partial charge in [0.15, 0.2) is 0 Å². The van der Waals surface area contributed by atoms with Crippen molar-refractivity contribution in [1.29, 1.82) is 0 Å². The van der Waals surface area contributed by atoms with Gasteiger partial charge < -0.3 is 4.42 Å². The lowest BCUT2D eigenvalue weighted by Gasteiger charge is -2.19. The molecule has 1 aromatic heterocycles. The third kappa shape index (κ3) is 4.26. The zero-order valence-electron chi connectivity index (χ0n) is 32.3. The summed E-state index contributed by atoms with van der Waals surface area (Å²) < 4.78 is 62.9. The Morgan fingerprint density at radius 1 is 0.347 bits per heavy atom. The van der Waals surface area contributed by atoms with E-state index in [4.69, 9.17) is 7.16 Å². The monoisotopic (exact) mass is 628 g/mol. The van der Waals surface area contributed by atoms with Crippen LogP contribution in [0.5, 0.6) is 0 Å². The highest BCUT2D eigenvalue weighted by atomic mass is 16.3. The van der Waals surface area contributed by atoms with Crippen LogP contribution in [0, 0.1) is 0 Å². The van der Waals surface area contributed by atoms with E-state index >= 15 is 0 Å². The molecule has 1 heterocycles. The molecule has 49 heavy (non-hydrogen) atoms. The number of rotatable bonds is 4. The van der Waals surface area contributed by atoms with E-state index in [9.17, 15) is 5.48 Å². The van der Waals surface area contributed by atoms with E-state index in [0.29, 0.717) is 27.9 Å². The van der Waals surface area contributed by atoms with E-state index < -0.39 is 12.1 Å². The van der Waals surface area contributed by atoms with Crippen LogP contribution in [0.25, 0.3) is 98.8 Å². The Hall–Kier alpha value is -6.44. The summed E-state index contributed by atoms with van der Waals surface area (Å²) >= 11 is 0. The number of para-hydroxylation sites is 1. The van der Waals surface area contributed by atoms with Crippen molar-refractivity contribution < 1.29 is 12.6 Å². The van der Waals surface area contributed by atoms with Crippen molar-refractivity contribution in [2.24, 2.45) is 0 Å². The summed E-state index contributed by atoms with van der Waals surface area (Å²) in [7, 11) is 0. The fourth-order valence-electron chi connectivity index (χ4n) is 7.54. The average Bonchev–Trinajstić information content (AvgIpc) is 3.62. The summed E-state index contributed by atoms with van der Waals surface area (Å²) in [6.07, 6.45) is 0. The lowest BCUT2D eigenvalue weighted by atomic mass is 9.83. The average molecular weight is 629 g/mol. The van der Waals surface area contributed by atoms with Crippen LogP contribution in [0.3, 0.4) is 0 Å². The molecule has 0 unspecified atom stereocenters. The highest BCUT2D eigenvalue weighted by molar-refractivity contribution is 6.24. The topological polar surface area (TPSA) is 13.1 Å². The van der Waals surface area contributed by atoms with Crippen LogP contribution >= 0.6 is 0 Å². The predicted molar refractivity (Wildman–Crippen MR) is 208 cm³/mol. The van der Waals surface area contributed by atoms with E-state index in [-0.39, 0.29) is 40.5 Å². The standard InChI is InChI=1S/C48H30O/c1-3-15-31(16-4-1)33-25-14-28-44-47(33)43-27-13-26-42(48(43)49-44)36-29-30-41(35-20-8-7-19-34(35)36)46-39-23-11-9-21-37(39)45(32-17-5-2-6-18-32)38-22-10-12-24-40(38)46/h1-30H/i7D,8D,19D,20D,29D,30D. The molecule has 0 spiro atoms. The maximum Gasteiger partial charge on any atom is 0.143 e. The molecule has 0 bridgehead atoms. The fourth-order valence-corrected chi connectivity index (χ4v) is 7.54. The molecule has 0 aliphatic rings. The minimum absolute atomic E-state index is 0.131. The molecular weight excluding hydrogens is 593 g/mol. The quantitative estimate of drug-likeness (QED) is 0.177. The Morgan fingerprint density at radius 3 is 1.53 bits per heavy atom. The highest BCUT2D eigenvalue weighted by Crippen LogP contribution is 2.47. The molecule has 1 heteroatoms. The van der Waals surface area contributed by atoms with Gasteiger partial charge in [-0.1, -0.05) is 176 Å². The van der Waals surface area contributed by atoms with Crippen LogP contribution in [0.2, 0.25) is 0 Å². The van der Waals surface area contributed by atoms with Crippen molar-refractivity contribution in [3.63, 3.8) is 0 Å². The number of fused-ring (bicyclic) bond motifs is 6. The van der Waals surface area contributed by atoms with Crippen molar-refractivity contribution in [3.05, 3.63) is 182 Å². The minimum atomic E-state index is -0.404. The maximum absolute atomic E-state index is 9.86. The summed E-state index contributed by atoms with van der Waals surface area (Å²) in [5.74, 6) is 0. The van der Waals surface area contributed by atoms with Crippen LogP contribution < -0.4 is 0 Å². The summed E-state index contributed by atoms with van der Waals surface area (Å²) in [5.41, 5.74) is 6.88. The Balaban J connectivity index is 1.37. The number of furan rings is 1. The van der Waals surface area contributed by atoms with E-state index in [0.717, 1.165) is 54.6 Å². The van der Waals surface area contributed by atoms with Gasteiger partial charge in [0.2, 0.25) is 0 Å². The molecule has 0 saturated carbocycles. The van der Waals surface area contributed by atoms with Crippen LogP contribution in [0.1, 0.15) is 8.22 Å². The molecule has 228 valence electrons. The normalized spacial score (nSPS) is 13.4. The van der Waals surface area contributed by atoms with Gasteiger partial charge in [0.05, 0.1) is 8.22 Å². The third-order valence-corrected chi connectivity index (χ3v) is 9.62. The van der Waals surface area contributed by atoms with Crippen LogP contribution in [-0.2, 0) is 0 Å². The van der Waals surface area contributed by atoms with E-state index in [1.807, 2.05) is 115 Å². The van der Waals surface area contributed by atoms with Gasteiger partial charge >= 0.3 is 0 Å². The van der Waals surface area contributed by atoms with Crippen LogP contribution in [-0.4, -0.2) is 0 Å². The van der Waals surface area contributed by atoms with E-state index in [1.165, 1.54) is 0 Å². The van der Waals surface area contributed by atoms with Gasteiger partial charge in [-0.25, -0.2) is 0 Å². The molecule has 0 amide bonds. The first-order chi connectivity index (χ1) is 26.8. The maximum atomic E-state index is 9.86. The molecule has 0 aliphatic heterocycles. The summed E-state index contributed by atoms with van der Waals surface area (Å²) in [6, 6.07) is 46.1. The summed E-state index contributed by atoms with van der Waals surface area (Å²) in [5, 5.41) is 5.61. The minimum Gasteiger partial charge on any atom is -0.455 e. The Bertz CT molecular complexity index is 3150. The van der Waals surface area contributed by atoms with Crippen molar-refractivity contribution in [3.8, 4) is 44.5 Å². The van der Waals surface area contributed by atoms with Gasteiger partial charge in [-0.3, -0.25) is 0 Å². The molecule has 0 aliphatic carbocycles. The van der Waals surface area contributed by atoms with Gasteiger partial charge in [-0.05, 0) is 77.3 Å². The Morgan fingerprint density at radius 2 is 0.857 bits per heavy atom. The molecule has 0 N–H and O–H groups in total. The van der Waals surface area contributed by atoms with Gasteiger partial charge in [0.25, 0.3) is 0 Å². The SMILES string of the molecule is [2H]c1c([2H])c([2H])c2c(-c3cccc4c3oc3cccc(-c5ccccc5)c34)c([2H])c([2H])c(-c3c4ccccc4c(-c4ccccc4)c4ccccc34)c2c1[2H]. The molecule has 10 aromatic rings. The first kappa shape index (κ1) is 22.2. The second-order valence-electron chi connectivity index (χ2n) is 12.3. The van der Waals surface area contributed by atoms with Gasteiger partial charge in [-0.2, -0.15) is 0 Å². The molecule has 1 nitrogen and oxygen atoms in total. The lowest BCUT2D eigenvalue weighted by molar-refractivity contribution is 0.670. The van der Waals surface area contributed by atoms with Crippen LogP contribution in [0.4, 0.5) is 0 Å². The van der Waals surface area contributed by atoms with Crippen molar-refractivity contribution >= 4 is 54.3 Å². The first-order valence-electron chi connectivity index (χ1n) is 19.4. The number of hydrogen-bond acceptors (Lipinski definition) is 1. The molecule has 10 rings (SSSR count). The zero-order chi connectivity index (χ0) is 37.5. The van der Waals surface area contributed by atoms with E-state index in [1.54, 1.807) is 0 Å². The van der Waals surface area contributed by atoms with Crippen LogP contribution in [0.15, 0.2) is 186 Å². The molecular formula is C48H30O. The van der Waals surface area contributed by atoms with Gasteiger partial charge in [-0.15, -0.1) is 0 Å². The Kier molecular flexibility index (Phi) is 5.02. The molecule has 0 fully saturated rings. The smallest absolute Gasteiger partial charge is 0.143 e. The van der Waals surface area contributed by atoms with Crippen molar-refractivity contribution in [1.82, 2.24) is 0 Å².